The maximum atomic E-state index is 12.0. The summed E-state index contributed by atoms with van der Waals surface area (Å²) in [6.45, 7) is 10.5. The van der Waals surface area contributed by atoms with Gasteiger partial charge in [0.1, 0.15) is 0 Å². The van der Waals surface area contributed by atoms with E-state index in [4.69, 9.17) is 0 Å². The number of hydrogen-bond acceptors (Lipinski definition) is 1. The molecule has 0 saturated heterocycles. The molecule has 0 heterocycles. The Labute approximate surface area is 98.9 Å². The largest absolute Gasteiger partial charge is 0.294 e. The molecule has 16 heavy (non-hydrogen) atoms. The summed E-state index contributed by atoms with van der Waals surface area (Å²) in [6, 6.07) is 6.09. The average molecular weight is 218 g/mol. The third kappa shape index (κ3) is 2.72. The summed E-state index contributed by atoms with van der Waals surface area (Å²) in [7, 11) is 0. The van der Waals surface area contributed by atoms with E-state index in [2.05, 4.69) is 33.8 Å². The first-order chi connectivity index (χ1) is 7.47. The molecular formula is C15H22O. The fourth-order valence-corrected chi connectivity index (χ4v) is 1.95. The number of hydrogen-bond donors (Lipinski definition) is 0. The highest BCUT2D eigenvalue weighted by Crippen LogP contribution is 2.21. The van der Waals surface area contributed by atoms with E-state index in [9.17, 15) is 4.79 Å². The first-order valence-electron chi connectivity index (χ1n) is 6.12. The summed E-state index contributed by atoms with van der Waals surface area (Å²) in [4.78, 5) is 12.0. The molecule has 0 aromatic heterocycles. The van der Waals surface area contributed by atoms with Crippen molar-refractivity contribution in [1.82, 2.24) is 0 Å². The van der Waals surface area contributed by atoms with Gasteiger partial charge in [-0.3, -0.25) is 4.79 Å². The number of benzene rings is 1. The maximum Gasteiger partial charge on any atom is 0.165 e. The van der Waals surface area contributed by atoms with Crippen LogP contribution < -0.4 is 0 Å². The molecule has 0 spiro atoms. The Kier molecular flexibility index (Phi) is 4.28. The fourth-order valence-electron chi connectivity index (χ4n) is 1.95. The van der Waals surface area contributed by atoms with E-state index in [0.29, 0.717) is 5.92 Å². The lowest BCUT2D eigenvalue weighted by Gasteiger charge is -2.13. The van der Waals surface area contributed by atoms with Crippen LogP contribution in [-0.2, 0) is 0 Å². The van der Waals surface area contributed by atoms with Gasteiger partial charge in [0.15, 0.2) is 5.78 Å². The Hall–Kier alpha value is -1.11. The Morgan fingerprint density at radius 1 is 1.25 bits per heavy atom. The molecule has 0 aliphatic heterocycles. The molecular weight excluding hydrogens is 196 g/mol. The summed E-state index contributed by atoms with van der Waals surface area (Å²) in [5.41, 5.74) is 3.42. The van der Waals surface area contributed by atoms with Crippen LogP contribution in [0.5, 0.6) is 0 Å². The molecule has 1 unspecified atom stereocenters. The van der Waals surface area contributed by atoms with Gasteiger partial charge in [0.25, 0.3) is 0 Å². The molecule has 1 nitrogen and oxygen atoms in total. The van der Waals surface area contributed by atoms with Gasteiger partial charge in [-0.05, 0) is 36.5 Å². The van der Waals surface area contributed by atoms with Gasteiger partial charge in [0.05, 0.1) is 0 Å². The second kappa shape index (κ2) is 5.29. The molecule has 0 aliphatic carbocycles. The minimum absolute atomic E-state index is 0.129. The number of ketones is 1. The van der Waals surface area contributed by atoms with Crippen molar-refractivity contribution in [3.05, 3.63) is 34.9 Å². The van der Waals surface area contributed by atoms with E-state index >= 15 is 0 Å². The lowest BCUT2D eigenvalue weighted by Crippen LogP contribution is -2.10. The maximum absolute atomic E-state index is 12.0. The number of Topliss-reactive ketones (excluding diaryl/α,β-unsaturated/α-hetero) is 1. The highest BCUT2D eigenvalue weighted by Gasteiger charge is 2.14. The van der Waals surface area contributed by atoms with Gasteiger partial charge in [-0.15, -0.1) is 0 Å². The lowest BCUT2D eigenvalue weighted by molar-refractivity contribution is 0.0927. The van der Waals surface area contributed by atoms with Crippen molar-refractivity contribution in [1.29, 1.82) is 0 Å². The predicted octanol–water partition coefficient (Wildman–Crippen LogP) is 4.35. The Balaban J connectivity index is 3.02. The van der Waals surface area contributed by atoms with E-state index in [-0.39, 0.29) is 11.7 Å². The van der Waals surface area contributed by atoms with Crippen molar-refractivity contribution in [3.8, 4) is 0 Å². The summed E-state index contributed by atoms with van der Waals surface area (Å²) in [5.74, 6) is 0.915. The van der Waals surface area contributed by atoms with Crippen LogP contribution in [0, 0.1) is 12.8 Å². The first kappa shape index (κ1) is 13.0. The van der Waals surface area contributed by atoms with E-state index in [1.807, 2.05) is 19.1 Å². The minimum atomic E-state index is 0.129. The summed E-state index contributed by atoms with van der Waals surface area (Å²) in [6.07, 6.45) is 0.907. The van der Waals surface area contributed by atoms with Crippen LogP contribution in [0.2, 0.25) is 0 Å². The van der Waals surface area contributed by atoms with Gasteiger partial charge in [0, 0.05) is 11.5 Å². The molecule has 1 aromatic carbocycles. The standard InChI is InChI=1S/C15H22O/c1-6-11(4)15(16)13-7-8-14(10(2)3)12(5)9-13/h7-11H,6H2,1-5H3. The molecule has 1 aromatic rings. The van der Waals surface area contributed by atoms with Crippen LogP contribution in [0.1, 0.15) is 61.5 Å². The zero-order chi connectivity index (χ0) is 12.3. The second-order valence-corrected chi connectivity index (χ2v) is 4.90. The van der Waals surface area contributed by atoms with Crippen LogP contribution in [-0.4, -0.2) is 5.78 Å². The molecule has 88 valence electrons. The minimum Gasteiger partial charge on any atom is -0.294 e. The van der Waals surface area contributed by atoms with E-state index in [1.54, 1.807) is 0 Å². The van der Waals surface area contributed by atoms with E-state index in [0.717, 1.165) is 12.0 Å². The first-order valence-corrected chi connectivity index (χ1v) is 6.12. The average Bonchev–Trinajstić information content (AvgIpc) is 2.26. The quantitative estimate of drug-likeness (QED) is 0.687. The molecule has 0 amide bonds. The van der Waals surface area contributed by atoms with Gasteiger partial charge in [-0.25, -0.2) is 0 Å². The summed E-state index contributed by atoms with van der Waals surface area (Å²) >= 11 is 0. The van der Waals surface area contributed by atoms with Gasteiger partial charge in [0.2, 0.25) is 0 Å². The van der Waals surface area contributed by atoms with Gasteiger partial charge in [-0.1, -0.05) is 39.8 Å². The molecule has 0 bridgehead atoms. The van der Waals surface area contributed by atoms with Gasteiger partial charge >= 0.3 is 0 Å². The third-order valence-electron chi connectivity index (χ3n) is 3.24. The van der Waals surface area contributed by atoms with Crippen LogP contribution >= 0.6 is 0 Å². The molecule has 1 atom stereocenters. The van der Waals surface area contributed by atoms with Crippen LogP contribution in [0.15, 0.2) is 18.2 Å². The van der Waals surface area contributed by atoms with Crippen molar-refractivity contribution >= 4 is 5.78 Å². The molecule has 0 fully saturated rings. The van der Waals surface area contributed by atoms with Crippen molar-refractivity contribution in [2.45, 2.75) is 47.0 Å². The van der Waals surface area contributed by atoms with Gasteiger partial charge in [-0.2, -0.15) is 0 Å². The number of aryl methyl sites for hydroxylation is 1. The molecule has 0 radical (unpaired) electrons. The second-order valence-electron chi connectivity index (χ2n) is 4.90. The Bertz CT molecular complexity index is 377. The SMILES string of the molecule is CCC(C)C(=O)c1ccc(C(C)C)c(C)c1. The molecule has 0 saturated carbocycles. The summed E-state index contributed by atoms with van der Waals surface area (Å²) in [5, 5.41) is 0. The Morgan fingerprint density at radius 2 is 1.88 bits per heavy atom. The van der Waals surface area contributed by atoms with E-state index < -0.39 is 0 Å². The highest BCUT2D eigenvalue weighted by molar-refractivity contribution is 5.97. The third-order valence-corrected chi connectivity index (χ3v) is 3.24. The Morgan fingerprint density at radius 3 is 2.31 bits per heavy atom. The topological polar surface area (TPSA) is 17.1 Å². The summed E-state index contributed by atoms with van der Waals surface area (Å²) < 4.78 is 0. The monoisotopic (exact) mass is 218 g/mol. The molecule has 1 heteroatoms. The highest BCUT2D eigenvalue weighted by atomic mass is 16.1. The fraction of sp³-hybridized carbons (Fsp3) is 0.533. The molecule has 0 N–H and O–H groups in total. The van der Waals surface area contributed by atoms with Crippen molar-refractivity contribution < 1.29 is 4.79 Å². The van der Waals surface area contributed by atoms with Crippen LogP contribution in [0.4, 0.5) is 0 Å². The lowest BCUT2D eigenvalue weighted by atomic mass is 9.91. The molecule has 0 aliphatic rings. The number of carbonyl (C=O) groups is 1. The van der Waals surface area contributed by atoms with Crippen LogP contribution in [0.3, 0.4) is 0 Å². The zero-order valence-corrected chi connectivity index (χ0v) is 11.0. The smallest absolute Gasteiger partial charge is 0.165 e. The van der Waals surface area contributed by atoms with Crippen LogP contribution in [0.25, 0.3) is 0 Å². The van der Waals surface area contributed by atoms with Gasteiger partial charge < -0.3 is 0 Å². The molecule has 1 rings (SSSR count). The number of carbonyl (C=O) groups excluding carboxylic acids is 1. The van der Waals surface area contributed by atoms with Crippen molar-refractivity contribution in [3.63, 3.8) is 0 Å². The van der Waals surface area contributed by atoms with Crippen molar-refractivity contribution in [2.24, 2.45) is 5.92 Å². The normalized spacial score (nSPS) is 12.9. The van der Waals surface area contributed by atoms with E-state index in [1.165, 1.54) is 11.1 Å². The number of rotatable bonds is 4. The van der Waals surface area contributed by atoms with Crippen molar-refractivity contribution in [2.75, 3.05) is 0 Å². The zero-order valence-electron chi connectivity index (χ0n) is 11.0. The predicted molar refractivity (Wildman–Crippen MR) is 69.1 cm³/mol.